The molecular formula is C5H4N4O. The molecule has 0 amide bonds. The Morgan fingerprint density at radius 1 is 1.70 bits per heavy atom. The minimum absolute atomic E-state index is 0.350. The summed E-state index contributed by atoms with van der Waals surface area (Å²) in [5.41, 5.74) is 0. The average Bonchev–Trinajstić information content (AvgIpc) is 2.44. The SMILES string of the molecule is O=CC1C=Nc2ncnn21. The van der Waals surface area contributed by atoms with Crippen LogP contribution in [0.3, 0.4) is 0 Å². The molecule has 1 aromatic rings. The van der Waals surface area contributed by atoms with Crippen LogP contribution in [0.4, 0.5) is 5.95 Å². The van der Waals surface area contributed by atoms with Crippen molar-refractivity contribution in [1.29, 1.82) is 0 Å². The molecular weight excluding hydrogens is 132 g/mol. The number of carbonyl (C=O) groups is 1. The number of nitrogens with zero attached hydrogens (tertiary/aromatic N) is 4. The first-order valence-corrected chi connectivity index (χ1v) is 2.81. The van der Waals surface area contributed by atoms with Gasteiger partial charge in [0.2, 0.25) is 5.95 Å². The molecule has 0 N–H and O–H groups in total. The third-order valence-electron chi connectivity index (χ3n) is 1.32. The topological polar surface area (TPSA) is 60.1 Å². The van der Waals surface area contributed by atoms with Gasteiger partial charge in [0.25, 0.3) is 0 Å². The molecule has 10 heavy (non-hydrogen) atoms. The van der Waals surface area contributed by atoms with Gasteiger partial charge in [0, 0.05) is 6.21 Å². The van der Waals surface area contributed by atoms with E-state index in [4.69, 9.17) is 0 Å². The number of rotatable bonds is 1. The number of hydrogen-bond acceptors (Lipinski definition) is 4. The maximum Gasteiger partial charge on any atom is 0.248 e. The molecule has 2 rings (SSSR count). The van der Waals surface area contributed by atoms with Crippen LogP contribution >= 0.6 is 0 Å². The van der Waals surface area contributed by atoms with Crippen molar-refractivity contribution in [3.63, 3.8) is 0 Å². The summed E-state index contributed by atoms with van der Waals surface area (Å²) in [6, 6.07) is -0.350. The van der Waals surface area contributed by atoms with Crippen molar-refractivity contribution in [1.82, 2.24) is 14.8 Å². The number of aldehydes is 1. The number of aliphatic imine (C=N–C) groups is 1. The smallest absolute Gasteiger partial charge is 0.248 e. The molecule has 0 aromatic carbocycles. The zero-order chi connectivity index (χ0) is 6.97. The maximum atomic E-state index is 10.3. The van der Waals surface area contributed by atoms with Gasteiger partial charge in [-0.25, -0.2) is 9.67 Å². The molecule has 0 fully saturated rings. The quantitative estimate of drug-likeness (QED) is 0.499. The van der Waals surface area contributed by atoms with Gasteiger partial charge in [-0.2, -0.15) is 10.1 Å². The number of aromatic nitrogens is 3. The molecule has 1 unspecified atom stereocenters. The molecule has 0 saturated carbocycles. The number of carbonyl (C=O) groups excluding carboxylic acids is 1. The third-order valence-corrected chi connectivity index (χ3v) is 1.32. The molecule has 50 valence electrons. The van der Waals surface area contributed by atoms with Crippen molar-refractivity contribution < 1.29 is 4.79 Å². The van der Waals surface area contributed by atoms with E-state index in [-0.39, 0.29) is 6.04 Å². The molecule has 1 aliphatic heterocycles. The van der Waals surface area contributed by atoms with Gasteiger partial charge in [0.1, 0.15) is 18.7 Å². The monoisotopic (exact) mass is 136 g/mol. The standard InChI is InChI=1S/C5H4N4O/c10-2-4-1-6-5-7-3-8-9(4)5/h1-4H. The second kappa shape index (κ2) is 1.73. The fourth-order valence-electron chi connectivity index (χ4n) is 0.846. The summed E-state index contributed by atoms with van der Waals surface area (Å²) in [6.45, 7) is 0. The summed E-state index contributed by atoms with van der Waals surface area (Å²) in [6.07, 6.45) is 3.67. The Morgan fingerprint density at radius 2 is 2.60 bits per heavy atom. The van der Waals surface area contributed by atoms with E-state index in [9.17, 15) is 4.79 Å². The van der Waals surface area contributed by atoms with Gasteiger partial charge in [-0.1, -0.05) is 0 Å². The summed E-state index contributed by atoms with van der Waals surface area (Å²) in [5, 5.41) is 3.80. The van der Waals surface area contributed by atoms with Crippen molar-refractivity contribution in [3.05, 3.63) is 6.33 Å². The van der Waals surface area contributed by atoms with E-state index in [0.29, 0.717) is 5.95 Å². The van der Waals surface area contributed by atoms with Crippen molar-refractivity contribution in [2.24, 2.45) is 4.99 Å². The van der Waals surface area contributed by atoms with Gasteiger partial charge in [-0.15, -0.1) is 0 Å². The molecule has 0 aliphatic carbocycles. The molecule has 5 heteroatoms. The van der Waals surface area contributed by atoms with Crippen LogP contribution < -0.4 is 0 Å². The van der Waals surface area contributed by atoms with Crippen LogP contribution in [0.25, 0.3) is 0 Å². The van der Waals surface area contributed by atoms with Gasteiger partial charge in [-0.3, -0.25) is 0 Å². The minimum Gasteiger partial charge on any atom is -0.301 e. The highest BCUT2D eigenvalue weighted by atomic mass is 16.1. The van der Waals surface area contributed by atoms with Crippen molar-refractivity contribution in [3.8, 4) is 0 Å². The molecule has 0 saturated heterocycles. The molecule has 0 bridgehead atoms. The maximum absolute atomic E-state index is 10.3. The van der Waals surface area contributed by atoms with Gasteiger partial charge >= 0.3 is 0 Å². The van der Waals surface area contributed by atoms with Crippen LogP contribution in [-0.4, -0.2) is 27.3 Å². The van der Waals surface area contributed by atoms with Crippen LogP contribution in [0.1, 0.15) is 6.04 Å². The van der Waals surface area contributed by atoms with E-state index >= 15 is 0 Å². The molecule has 2 heterocycles. The lowest BCUT2D eigenvalue weighted by atomic mass is 10.4. The van der Waals surface area contributed by atoms with Gasteiger partial charge < -0.3 is 4.79 Å². The Hall–Kier alpha value is -1.52. The van der Waals surface area contributed by atoms with Gasteiger partial charge in [-0.05, 0) is 0 Å². The van der Waals surface area contributed by atoms with Crippen molar-refractivity contribution >= 4 is 18.4 Å². The molecule has 5 nitrogen and oxygen atoms in total. The Balaban J connectivity index is 2.52. The normalized spacial score (nSPS) is 21.0. The fourth-order valence-corrected chi connectivity index (χ4v) is 0.846. The lowest BCUT2D eigenvalue weighted by Gasteiger charge is -1.95. The predicted octanol–water partition coefficient (Wildman–Crippen LogP) is -0.266. The lowest BCUT2D eigenvalue weighted by molar-refractivity contribution is -0.109. The van der Waals surface area contributed by atoms with Crippen LogP contribution in [0.15, 0.2) is 11.3 Å². The molecule has 0 spiro atoms. The van der Waals surface area contributed by atoms with E-state index in [1.54, 1.807) is 0 Å². The van der Waals surface area contributed by atoms with Gasteiger partial charge in [0.05, 0.1) is 0 Å². The predicted molar refractivity (Wildman–Crippen MR) is 33.3 cm³/mol. The lowest BCUT2D eigenvalue weighted by Crippen LogP contribution is -2.07. The Labute approximate surface area is 56.4 Å². The minimum atomic E-state index is -0.350. The molecule has 1 aliphatic rings. The fraction of sp³-hybridized carbons (Fsp3) is 0.200. The Bertz CT molecular complexity index is 290. The molecule has 1 atom stereocenters. The average molecular weight is 136 g/mol. The zero-order valence-corrected chi connectivity index (χ0v) is 5.01. The summed E-state index contributed by atoms with van der Waals surface area (Å²) in [7, 11) is 0. The molecule has 0 radical (unpaired) electrons. The second-order valence-electron chi connectivity index (χ2n) is 1.91. The molecule has 1 aromatic heterocycles. The summed E-state index contributed by atoms with van der Waals surface area (Å²) in [5.74, 6) is 0.497. The Morgan fingerprint density at radius 3 is 3.40 bits per heavy atom. The summed E-state index contributed by atoms with van der Waals surface area (Å²) >= 11 is 0. The van der Waals surface area contributed by atoms with Crippen molar-refractivity contribution in [2.75, 3.05) is 0 Å². The van der Waals surface area contributed by atoms with E-state index < -0.39 is 0 Å². The van der Waals surface area contributed by atoms with Crippen LogP contribution in [-0.2, 0) is 4.79 Å². The van der Waals surface area contributed by atoms with E-state index in [1.807, 2.05) is 0 Å². The third kappa shape index (κ3) is 0.513. The highest BCUT2D eigenvalue weighted by Gasteiger charge is 2.17. The number of hydrogen-bond donors (Lipinski definition) is 0. The van der Waals surface area contributed by atoms with E-state index in [0.717, 1.165) is 6.29 Å². The van der Waals surface area contributed by atoms with Crippen LogP contribution in [0.5, 0.6) is 0 Å². The largest absolute Gasteiger partial charge is 0.301 e. The summed E-state index contributed by atoms with van der Waals surface area (Å²) < 4.78 is 1.47. The van der Waals surface area contributed by atoms with Crippen LogP contribution in [0, 0.1) is 0 Å². The first kappa shape index (κ1) is 5.28. The second-order valence-corrected chi connectivity index (χ2v) is 1.91. The first-order chi connectivity index (χ1) is 4.92. The summed E-state index contributed by atoms with van der Waals surface area (Å²) in [4.78, 5) is 17.9. The highest BCUT2D eigenvalue weighted by molar-refractivity contribution is 5.86. The van der Waals surface area contributed by atoms with Crippen molar-refractivity contribution in [2.45, 2.75) is 6.04 Å². The zero-order valence-electron chi connectivity index (χ0n) is 5.01. The van der Waals surface area contributed by atoms with E-state index in [1.165, 1.54) is 17.2 Å². The van der Waals surface area contributed by atoms with E-state index in [2.05, 4.69) is 15.1 Å². The van der Waals surface area contributed by atoms with Crippen LogP contribution in [0.2, 0.25) is 0 Å². The highest BCUT2D eigenvalue weighted by Crippen LogP contribution is 2.17. The van der Waals surface area contributed by atoms with Gasteiger partial charge in [0.15, 0.2) is 0 Å². The first-order valence-electron chi connectivity index (χ1n) is 2.81. The number of fused-ring (bicyclic) bond motifs is 1. The Kier molecular flexibility index (Phi) is 0.913.